The van der Waals surface area contributed by atoms with E-state index in [1.165, 1.54) is 103 Å². The molecule has 0 aromatic heterocycles. The summed E-state index contributed by atoms with van der Waals surface area (Å²) in [5, 5.41) is 17.2. The van der Waals surface area contributed by atoms with Gasteiger partial charge in [0.1, 0.15) is 0 Å². The number of halogens is 2. The molecule has 0 aromatic carbocycles. The first-order valence-electron chi connectivity index (χ1n) is 16.5. The Morgan fingerprint density at radius 2 is 0.564 bits per heavy atom. The van der Waals surface area contributed by atoms with Crippen molar-refractivity contribution in [3.05, 3.63) is 21.3 Å². The van der Waals surface area contributed by atoms with Crippen molar-refractivity contribution in [2.45, 2.75) is 130 Å². The quantitative estimate of drug-likeness (QED) is 0.239. The van der Waals surface area contributed by atoms with Crippen molar-refractivity contribution in [1.82, 2.24) is 0 Å². The molecule has 4 fully saturated rings. The second-order valence-electron chi connectivity index (χ2n) is 11.7. The summed E-state index contributed by atoms with van der Waals surface area (Å²) in [4.78, 5) is 0. The van der Waals surface area contributed by atoms with Gasteiger partial charge < -0.3 is 21.3 Å². The van der Waals surface area contributed by atoms with Crippen LogP contribution in [0.4, 0.5) is 0 Å². The van der Waals surface area contributed by atoms with Gasteiger partial charge in [-0.25, -0.2) is 0 Å². The molecule has 39 heavy (non-hydrogen) atoms. The van der Waals surface area contributed by atoms with Gasteiger partial charge in [-0.15, -0.1) is 52.4 Å². The number of rotatable bonds is 8. The molecule has 4 aliphatic rings. The van der Waals surface area contributed by atoms with Gasteiger partial charge in [-0.3, -0.25) is 0 Å². The van der Waals surface area contributed by atoms with Crippen molar-refractivity contribution in [1.29, 1.82) is 0 Å². The molecule has 0 atom stereocenters. The number of piperidine rings is 4. The van der Waals surface area contributed by atoms with Gasteiger partial charge in [0.05, 0.1) is 0 Å². The zero-order chi connectivity index (χ0) is 28.8. The molecule has 4 heterocycles. The Hall–Kier alpha value is 0.914. The first-order chi connectivity index (χ1) is 19.1. The van der Waals surface area contributed by atoms with E-state index in [0.29, 0.717) is 12.7 Å². The fourth-order valence-corrected chi connectivity index (χ4v) is 6.00. The molecule has 7 heteroatoms. The Morgan fingerprint density at radius 1 is 0.410 bits per heavy atom. The molecule has 0 aromatic rings. The normalized spacial score (nSPS) is 21.2. The third-order valence-electron chi connectivity index (χ3n) is 8.35. The standard InChI is InChI=1S/4C8H16N.2ClH.Ni/c4*1-2-3-8-4-6-9-7-5-8;;;/h4*8H,2-7H2,1H3;2*1H;/q4*-1;;;+2/p-2. The van der Waals surface area contributed by atoms with Crippen LogP contribution in [0.25, 0.3) is 21.3 Å². The molecule has 0 radical (unpaired) electrons. The molecule has 4 aliphatic heterocycles. The van der Waals surface area contributed by atoms with Crippen LogP contribution >= 0.6 is 20.4 Å². The molecule has 0 saturated carbocycles. The van der Waals surface area contributed by atoms with Crippen LogP contribution in [0.5, 0.6) is 0 Å². The monoisotopic (exact) mass is 632 g/mol. The first kappa shape index (κ1) is 39.9. The van der Waals surface area contributed by atoms with E-state index in [0.717, 1.165) is 76.0 Å². The summed E-state index contributed by atoms with van der Waals surface area (Å²) >= 11 is 0.569. The predicted molar refractivity (Wildman–Crippen MR) is 175 cm³/mol. The average Bonchev–Trinajstić information content (AvgIpc) is 2.98. The molecular weight excluding hydrogens is 570 g/mol. The molecular formula is C32H64Cl2N4Ni-4. The number of hydrogen-bond acceptors (Lipinski definition) is 0. The van der Waals surface area contributed by atoms with E-state index >= 15 is 0 Å². The maximum atomic E-state index is 4.70. The van der Waals surface area contributed by atoms with Crippen molar-refractivity contribution in [3.63, 3.8) is 0 Å². The van der Waals surface area contributed by atoms with E-state index in [2.05, 4.69) is 49.0 Å². The van der Waals surface area contributed by atoms with Crippen LogP contribution in [-0.4, -0.2) is 52.4 Å². The molecule has 240 valence electrons. The Labute approximate surface area is 259 Å². The zero-order valence-corrected chi connectivity index (χ0v) is 28.6. The molecule has 4 rings (SSSR count). The second kappa shape index (κ2) is 31.8. The van der Waals surface area contributed by atoms with Gasteiger partial charge in [0.2, 0.25) is 0 Å². The molecule has 4 nitrogen and oxygen atoms in total. The minimum absolute atomic E-state index is 0.569. The summed E-state index contributed by atoms with van der Waals surface area (Å²) in [6.07, 6.45) is 22.0. The summed E-state index contributed by atoms with van der Waals surface area (Å²) in [5.74, 6) is 4.03. The van der Waals surface area contributed by atoms with Crippen LogP contribution < -0.4 is 0 Å². The molecule has 0 spiro atoms. The summed E-state index contributed by atoms with van der Waals surface area (Å²) in [7, 11) is 9.40. The predicted octanol–water partition coefficient (Wildman–Crippen LogP) is 11.7. The number of nitrogens with zero attached hydrogens (tertiary/aromatic N) is 4. The van der Waals surface area contributed by atoms with Crippen LogP contribution in [-0.2, 0) is 12.7 Å². The number of hydrogen-bond donors (Lipinski definition) is 0. The van der Waals surface area contributed by atoms with Crippen LogP contribution in [0.3, 0.4) is 0 Å². The summed E-state index contributed by atoms with van der Waals surface area (Å²) in [6, 6.07) is 0. The molecule has 0 bridgehead atoms. The van der Waals surface area contributed by atoms with Gasteiger partial charge in [0, 0.05) is 0 Å². The topological polar surface area (TPSA) is 56.4 Å². The molecule has 4 saturated heterocycles. The Morgan fingerprint density at radius 3 is 0.692 bits per heavy atom. The van der Waals surface area contributed by atoms with Gasteiger partial charge in [0.15, 0.2) is 0 Å². The molecule has 0 unspecified atom stereocenters. The molecule has 0 amide bonds. The van der Waals surface area contributed by atoms with Crippen molar-refractivity contribution in [2.24, 2.45) is 23.7 Å². The second-order valence-corrected chi connectivity index (χ2v) is 13.3. The summed E-state index contributed by atoms with van der Waals surface area (Å²) in [5.41, 5.74) is 0. The zero-order valence-electron chi connectivity index (χ0n) is 26.1. The van der Waals surface area contributed by atoms with Crippen LogP contribution in [0, 0.1) is 23.7 Å². The van der Waals surface area contributed by atoms with Crippen molar-refractivity contribution < 1.29 is 12.7 Å². The minimum atomic E-state index is 0.569. The first-order valence-corrected chi connectivity index (χ1v) is 19.2. The van der Waals surface area contributed by atoms with Gasteiger partial charge in [-0.05, 0) is 23.7 Å². The van der Waals surface area contributed by atoms with E-state index in [9.17, 15) is 0 Å². The third-order valence-corrected chi connectivity index (χ3v) is 8.35. The van der Waals surface area contributed by atoms with Gasteiger partial charge in [-0.2, -0.15) is 0 Å². The van der Waals surface area contributed by atoms with Crippen molar-refractivity contribution in [3.8, 4) is 0 Å². The van der Waals surface area contributed by atoms with Crippen LogP contribution in [0.15, 0.2) is 0 Å². The van der Waals surface area contributed by atoms with Gasteiger partial charge in [0.25, 0.3) is 0 Å². The van der Waals surface area contributed by atoms with E-state index in [4.69, 9.17) is 20.4 Å². The summed E-state index contributed by atoms with van der Waals surface area (Å²) in [6.45, 7) is 18.1. The van der Waals surface area contributed by atoms with Gasteiger partial charge >= 0.3 is 33.0 Å². The Kier molecular flexibility index (Phi) is 32.6. The van der Waals surface area contributed by atoms with Crippen molar-refractivity contribution in [2.75, 3.05) is 52.4 Å². The van der Waals surface area contributed by atoms with Crippen LogP contribution in [0.2, 0.25) is 0 Å². The SMILES string of the molecule is CCCC1CC[N-]CC1.CCCC1CC[N-]CC1.CCCC1CC[N-]CC1.CCCC1CC[N-]CC1.[Cl][Ni][Cl]. The van der Waals surface area contributed by atoms with Crippen molar-refractivity contribution >= 4 is 20.4 Å². The fourth-order valence-electron chi connectivity index (χ4n) is 6.00. The van der Waals surface area contributed by atoms with E-state index in [1.54, 1.807) is 0 Å². The van der Waals surface area contributed by atoms with E-state index < -0.39 is 0 Å². The van der Waals surface area contributed by atoms with E-state index in [-0.39, 0.29) is 0 Å². The average molecular weight is 634 g/mol. The molecule has 0 N–H and O–H groups in total. The Bertz CT molecular complexity index is 360. The third kappa shape index (κ3) is 26.3. The fraction of sp³-hybridized carbons (Fsp3) is 1.00. The van der Waals surface area contributed by atoms with Gasteiger partial charge in [-0.1, -0.05) is 130 Å². The van der Waals surface area contributed by atoms with Crippen LogP contribution in [0.1, 0.15) is 130 Å². The van der Waals surface area contributed by atoms with E-state index in [1.807, 2.05) is 0 Å². The summed E-state index contributed by atoms with van der Waals surface area (Å²) < 4.78 is 0. The molecule has 0 aliphatic carbocycles. The Balaban J connectivity index is 0.000000477. The maximum absolute atomic E-state index is 4.70.